The minimum atomic E-state index is -3.58. The van der Waals surface area contributed by atoms with E-state index in [0.29, 0.717) is 0 Å². The zero-order valence-electron chi connectivity index (χ0n) is 17.7. The van der Waals surface area contributed by atoms with Crippen LogP contribution in [0.1, 0.15) is 28.1 Å². The number of sulfone groups is 1. The maximum atomic E-state index is 12.6. The molecule has 0 atom stereocenters. The minimum absolute atomic E-state index is 0.00688. The highest BCUT2D eigenvalue weighted by atomic mass is 32.2. The average molecular weight is 456 g/mol. The SMILES string of the molecule is Cc1cccc(-n2c(C)cc(C=C(C#N)C(=O)Nc3nc(S(C)(=O)=O)ns3)c2C)c1C. The van der Waals surface area contributed by atoms with E-state index in [-0.39, 0.29) is 15.9 Å². The van der Waals surface area contributed by atoms with Gasteiger partial charge in [-0.2, -0.15) is 14.6 Å². The van der Waals surface area contributed by atoms with Crippen LogP contribution in [-0.2, 0) is 14.6 Å². The Labute approximate surface area is 185 Å². The van der Waals surface area contributed by atoms with Gasteiger partial charge in [0.1, 0.15) is 11.6 Å². The van der Waals surface area contributed by atoms with Crippen molar-refractivity contribution in [3.63, 3.8) is 0 Å². The zero-order chi connectivity index (χ0) is 22.9. The molecule has 0 aliphatic rings. The second-order valence-electron chi connectivity index (χ2n) is 7.16. The fourth-order valence-corrected chi connectivity index (χ4v) is 4.60. The summed E-state index contributed by atoms with van der Waals surface area (Å²) < 4.78 is 28.8. The highest BCUT2D eigenvalue weighted by molar-refractivity contribution is 7.90. The predicted octanol–water partition coefficient (Wildman–Crippen LogP) is 3.51. The standard InChI is InChI=1S/C21H21N5O3S2/c1-12-7-6-8-18(14(12)3)26-13(2)9-16(15(26)4)10-17(11-22)19(27)23-20-24-21(25-30-20)31(5,28)29/h6-10H,1-5H3,(H,23,24,25,27). The van der Waals surface area contributed by atoms with E-state index in [4.69, 9.17) is 0 Å². The lowest BCUT2D eigenvalue weighted by atomic mass is 10.1. The van der Waals surface area contributed by atoms with Crippen molar-refractivity contribution in [2.75, 3.05) is 11.6 Å². The Balaban J connectivity index is 1.94. The molecule has 3 aromatic rings. The van der Waals surface area contributed by atoms with Crippen LogP contribution in [0.25, 0.3) is 11.8 Å². The number of aromatic nitrogens is 3. The van der Waals surface area contributed by atoms with Crippen molar-refractivity contribution in [3.8, 4) is 11.8 Å². The van der Waals surface area contributed by atoms with E-state index >= 15 is 0 Å². The van der Waals surface area contributed by atoms with Crippen LogP contribution in [0.4, 0.5) is 5.13 Å². The molecule has 1 amide bonds. The second kappa shape index (κ2) is 8.45. The number of anilines is 1. The van der Waals surface area contributed by atoms with Crippen LogP contribution in [0.3, 0.4) is 0 Å². The number of hydrogen-bond donors (Lipinski definition) is 1. The number of aryl methyl sites for hydroxylation is 2. The van der Waals surface area contributed by atoms with Crippen molar-refractivity contribution < 1.29 is 13.2 Å². The number of rotatable bonds is 5. The molecule has 0 saturated heterocycles. The molecular formula is C21H21N5O3S2. The van der Waals surface area contributed by atoms with Crippen LogP contribution in [0.15, 0.2) is 35.0 Å². The maximum Gasteiger partial charge on any atom is 0.268 e. The van der Waals surface area contributed by atoms with Crippen LogP contribution in [0, 0.1) is 39.0 Å². The Hall–Kier alpha value is -3.29. The minimum Gasteiger partial charge on any atom is -0.318 e. The largest absolute Gasteiger partial charge is 0.318 e. The van der Waals surface area contributed by atoms with E-state index in [1.54, 1.807) is 0 Å². The van der Waals surface area contributed by atoms with Gasteiger partial charge in [-0.1, -0.05) is 12.1 Å². The van der Waals surface area contributed by atoms with E-state index in [1.807, 2.05) is 38.1 Å². The van der Waals surface area contributed by atoms with Crippen molar-refractivity contribution in [2.45, 2.75) is 32.9 Å². The molecule has 0 radical (unpaired) electrons. The Morgan fingerprint density at radius 1 is 1.26 bits per heavy atom. The fourth-order valence-electron chi connectivity index (χ4n) is 3.16. The molecule has 0 spiro atoms. The van der Waals surface area contributed by atoms with Crippen molar-refractivity contribution >= 4 is 38.5 Å². The van der Waals surface area contributed by atoms with Crippen LogP contribution in [0.5, 0.6) is 0 Å². The molecule has 10 heteroatoms. The number of amides is 1. The first-order valence-electron chi connectivity index (χ1n) is 9.25. The monoisotopic (exact) mass is 455 g/mol. The summed E-state index contributed by atoms with van der Waals surface area (Å²) in [5.74, 6) is -0.685. The van der Waals surface area contributed by atoms with E-state index in [2.05, 4.69) is 39.2 Å². The number of nitrogens with zero attached hydrogens (tertiary/aromatic N) is 4. The maximum absolute atomic E-state index is 12.6. The molecule has 31 heavy (non-hydrogen) atoms. The topological polar surface area (TPSA) is 118 Å². The highest BCUT2D eigenvalue weighted by Gasteiger charge is 2.19. The molecule has 1 aromatic carbocycles. The lowest BCUT2D eigenvalue weighted by molar-refractivity contribution is -0.112. The third-order valence-corrected chi connectivity index (χ3v) is 6.50. The van der Waals surface area contributed by atoms with Crippen molar-refractivity contribution in [3.05, 3.63) is 57.9 Å². The molecule has 0 saturated carbocycles. The number of nitriles is 1. The van der Waals surface area contributed by atoms with Crippen molar-refractivity contribution in [1.29, 1.82) is 5.26 Å². The van der Waals surface area contributed by atoms with Crippen LogP contribution in [0.2, 0.25) is 0 Å². The van der Waals surface area contributed by atoms with Gasteiger partial charge >= 0.3 is 0 Å². The zero-order valence-corrected chi connectivity index (χ0v) is 19.3. The molecule has 0 fully saturated rings. The van der Waals surface area contributed by atoms with Gasteiger partial charge in [0.05, 0.1) is 0 Å². The third-order valence-electron chi connectivity index (χ3n) is 4.91. The fraction of sp³-hybridized carbons (Fsp3) is 0.238. The lowest BCUT2D eigenvalue weighted by Crippen LogP contribution is -2.13. The number of hydrogen-bond acceptors (Lipinski definition) is 7. The molecule has 0 aliphatic heterocycles. The summed E-state index contributed by atoms with van der Waals surface area (Å²) in [5, 5.41) is 11.6. The van der Waals surface area contributed by atoms with Gasteiger partial charge in [-0.25, -0.2) is 8.42 Å². The van der Waals surface area contributed by atoms with Gasteiger partial charge in [0.25, 0.3) is 11.1 Å². The Bertz CT molecular complexity index is 1360. The normalized spacial score (nSPS) is 11.9. The Morgan fingerprint density at radius 2 is 1.97 bits per heavy atom. The second-order valence-corrected chi connectivity index (χ2v) is 9.82. The molecule has 0 aliphatic carbocycles. The smallest absolute Gasteiger partial charge is 0.268 e. The molecule has 3 rings (SSSR count). The number of carbonyl (C=O) groups excluding carboxylic acids is 1. The molecule has 8 nitrogen and oxygen atoms in total. The Kier molecular flexibility index (Phi) is 6.10. The van der Waals surface area contributed by atoms with Gasteiger partial charge < -0.3 is 4.57 Å². The van der Waals surface area contributed by atoms with E-state index in [0.717, 1.165) is 46.0 Å². The van der Waals surface area contributed by atoms with Crippen LogP contribution < -0.4 is 5.32 Å². The lowest BCUT2D eigenvalue weighted by Gasteiger charge is -2.14. The molecule has 0 bridgehead atoms. The first kappa shape index (κ1) is 22.4. The van der Waals surface area contributed by atoms with Crippen molar-refractivity contribution in [1.82, 2.24) is 13.9 Å². The summed E-state index contributed by atoms with van der Waals surface area (Å²) >= 11 is 0.736. The summed E-state index contributed by atoms with van der Waals surface area (Å²) in [6.07, 6.45) is 2.49. The molecule has 2 aromatic heterocycles. The first-order chi connectivity index (χ1) is 14.5. The van der Waals surface area contributed by atoms with Gasteiger partial charge in [-0.15, -0.1) is 0 Å². The van der Waals surface area contributed by atoms with Gasteiger partial charge in [-0.05, 0) is 62.6 Å². The predicted molar refractivity (Wildman–Crippen MR) is 120 cm³/mol. The molecular weight excluding hydrogens is 434 g/mol. The van der Waals surface area contributed by atoms with Crippen LogP contribution >= 0.6 is 11.5 Å². The highest BCUT2D eigenvalue weighted by Crippen LogP contribution is 2.26. The summed E-state index contributed by atoms with van der Waals surface area (Å²) in [6.45, 7) is 8.00. The third kappa shape index (κ3) is 4.57. The van der Waals surface area contributed by atoms with E-state index in [9.17, 15) is 18.5 Å². The quantitative estimate of drug-likeness (QED) is 0.465. The van der Waals surface area contributed by atoms with E-state index in [1.165, 1.54) is 11.6 Å². The average Bonchev–Trinajstić information content (AvgIpc) is 3.27. The summed E-state index contributed by atoms with van der Waals surface area (Å²) in [5.41, 5.74) is 5.83. The van der Waals surface area contributed by atoms with Crippen molar-refractivity contribution in [2.24, 2.45) is 0 Å². The Morgan fingerprint density at radius 3 is 2.58 bits per heavy atom. The first-order valence-corrected chi connectivity index (χ1v) is 11.9. The summed E-state index contributed by atoms with van der Waals surface area (Å²) in [4.78, 5) is 16.3. The summed E-state index contributed by atoms with van der Waals surface area (Å²) in [6, 6.07) is 9.89. The van der Waals surface area contributed by atoms with Gasteiger partial charge in [0, 0.05) is 34.9 Å². The van der Waals surface area contributed by atoms with Gasteiger partial charge in [0.2, 0.25) is 15.0 Å². The molecule has 0 unspecified atom stereocenters. The van der Waals surface area contributed by atoms with Gasteiger partial charge in [0.15, 0.2) is 0 Å². The van der Waals surface area contributed by atoms with E-state index < -0.39 is 15.7 Å². The molecule has 2 heterocycles. The number of benzene rings is 1. The molecule has 160 valence electrons. The number of carbonyl (C=O) groups is 1. The number of nitrogens with one attached hydrogen (secondary N) is 1. The molecule has 1 N–H and O–H groups in total. The van der Waals surface area contributed by atoms with Crippen LogP contribution in [-0.4, -0.2) is 34.5 Å². The van der Waals surface area contributed by atoms with Gasteiger partial charge in [-0.3, -0.25) is 10.1 Å². The summed E-state index contributed by atoms with van der Waals surface area (Å²) in [7, 11) is -3.58.